The van der Waals surface area contributed by atoms with Crippen molar-refractivity contribution in [2.75, 3.05) is 0 Å². The number of ketones is 1. The van der Waals surface area contributed by atoms with E-state index in [0.29, 0.717) is 18.1 Å². The summed E-state index contributed by atoms with van der Waals surface area (Å²) in [6.45, 7) is 4.49. The van der Waals surface area contributed by atoms with Gasteiger partial charge in [-0.1, -0.05) is 13.8 Å². The Bertz CT molecular complexity index is 379. The third kappa shape index (κ3) is 1.83. The molecule has 0 saturated heterocycles. The third-order valence-electron chi connectivity index (χ3n) is 3.64. The van der Waals surface area contributed by atoms with Gasteiger partial charge in [0, 0.05) is 37.7 Å². The first kappa shape index (κ1) is 10.4. The molecular weight excluding hydrogens is 188 g/mol. The monoisotopic (exact) mass is 206 g/mol. The minimum absolute atomic E-state index is 0.210. The molecule has 0 bridgehead atoms. The predicted octanol–water partition coefficient (Wildman–Crippen LogP) is 2.28. The van der Waals surface area contributed by atoms with E-state index in [1.165, 1.54) is 5.69 Å². The fraction of sp³-hybridized carbons (Fsp3) is 0.667. The van der Waals surface area contributed by atoms with E-state index in [1.54, 1.807) is 0 Å². The van der Waals surface area contributed by atoms with Crippen molar-refractivity contribution in [2.45, 2.75) is 39.0 Å². The Kier molecular flexibility index (Phi) is 2.41. The van der Waals surface area contributed by atoms with Gasteiger partial charge in [0.1, 0.15) is 5.78 Å². The van der Waals surface area contributed by atoms with E-state index < -0.39 is 0 Å². The zero-order valence-electron chi connectivity index (χ0n) is 9.66. The van der Waals surface area contributed by atoms with E-state index in [2.05, 4.69) is 18.9 Å². The SMILES string of the molecule is Cn1nccc1C1CC(=O)CCC1(C)C. The maximum atomic E-state index is 11.5. The average Bonchev–Trinajstić information content (AvgIpc) is 2.56. The van der Waals surface area contributed by atoms with E-state index >= 15 is 0 Å². The summed E-state index contributed by atoms with van der Waals surface area (Å²) >= 11 is 0. The number of aromatic nitrogens is 2. The van der Waals surface area contributed by atoms with Gasteiger partial charge in [0.15, 0.2) is 0 Å². The second kappa shape index (κ2) is 3.47. The van der Waals surface area contributed by atoms with E-state index in [-0.39, 0.29) is 5.41 Å². The highest BCUT2D eigenvalue weighted by molar-refractivity contribution is 5.80. The molecule has 15 heavy (non-hydrogen) atoms. The first-order valence-electron chi connectivity index (χ1n) is 5.50. The molecule has 0 aromatic carbocycles. The molecule has 1 aliphatic carbocycles. The molecule has 1 aliphatic rings. The minimum Gasteiger partial charge on any atom is -0.300 e. The summed E-state index contributed by atoms with van der Waals surface area (Å²) in [5, 5.41) is 4.19. The summed E-state index contributed by atoms with van der Waals surface area (Å²) in [5.41, 5.74) is 1.40. The number of Topliss-reactive ketones (excluding diaryl/α,β-unsaturated/α-hetero) is 1. The lowest BCUT2D eigenvalue weighted by Gasteiger charge is -2.37. The molecule has 0 spiro atoms. The molecule has 1 aromatic rings. The van der Waals surface area contributed by atoms with E-state index in [0.717, 1.165) is 12.8 Å². The Balaban J connectivity index is 2.33. The van der Waals surface area contributed by atoms with Crippen LogP contribution in [0, 0.1) is 5.41 Å². The Labute approximate surface area is 90.5 Å². The van der Waals surface area contributed by atoms with Crippen LogP contribution in [0.25, 0.3) is 0 Å². The van der Waals surface area contributed by atoms with Crippen molar-refractivity contribution in [2.24, 2.45) is 12.5 Å². The Morgan fingerprint density at radius 1 is 1.53 bits per heavy atom. The second-order valence-corrected chi connectivity index (χ2v) is 5.16. The first-order chi connectivity index (χ1) is 7.00. The summed E-state index contributed by atoms with van der Waals surface area (Å²) in [6, 6.07) is 2.03. The second-order valence-electron chi connectivity index (χ2n) is 5.16. The Morgan fingerprint density at radius 3 is 2.87 bits per heavy atom. The van der Waals surface area contributed by atoms with Crippen LogP contribution < -0.4 is 0 Å². The van der Waals surface area contributed by atoms with Gasteiger partial charge in [0.2, 0.25) is 0 Å². The van der Waals surface area contributed by atoms with Gasteiger partial charge < -0.3 is 0 Å². The highest BCUT2D eigenvalue weighted by atomic mass is 16.1. The van der Waals surface area contributed by atoms with Gasteiger partial charge in [-0.15, -0.1) is 0 Å². The summed E-state index contributed by atoms with van der Waals surface area (Å²) in [7, 11) is 1.95. The molecule has 1 heterocycles. The molecule has 1 aromatic heterocycles. The zero-order chi connectivity index (χ0) is 11.1. The van der Waals surface area contributed by atoms with Crippen LogP contribution in [0.2, 0.25) is 0 Å². The molecule has 0 N–H and O–H groups in total. The highest BCUT2D eigenvalue weighted by Gasteiger charge is 2.37. The van der Waals surface area contributed by atoms with Gasteiger partial charge >= 0.3 is 0 Å². The number of rotatable bonds is 1. The highest BCUT2D eigenvalue weighted by Crippen LogP contribution is 2.45. The van der Waals surface area contributed by atoms with E-state index in [4.69, 9.17) is 0 Å². The molecule has 82 valence electrons. The van der Waals surface area contributed by atoms with Crippen molar-refractivity contribution in [1.82, 2.24) is 9.78 Å². The zero-order valence-corrected chi connectivity index (χ0v) is 9.66. The molecule has 2 rings (SSSR count). The predicted molar refractivity (Wildman–Crippen MR) is 58.6 cm³/mol. The number of carbonyl (C=O) groups is 1. The van der Waals surface area contributed by atoms with Crippen LogP contribution in [0.15, 0.2) is 12.3 Å². The largest absolute Gasteiger partial charge is 0.300 e. The molecule has 3 nitrogen and oxygen atoms in total. The topological polar surface area (TPSA) is 34.9 Å². The number of carbonyl (C=O) groups excluding carboxylic acids is 1. The molecule has 1 saturated carbocycles. The van der Waals surface area contributed by atoms with Crippen molar-refractivity contribution in [1.29, 1.82) is 0 Å². The van der Waals surface area contributed by atoms with Crippen molar-refractivity contribution in [3.05, 3.63) is 18.0 Å². The lowest BCUT2D eigenvalue weighted by molar-refractivity contribution is -0.122. The van der Waals surface area contributed by atoms with Crippen molar-refractivity contribution >= 4 is 5.78 Å². The lowest BCUT2D eigenvalue weighted by Crippen LogP contribution is -2.31. The van der Waals surface area contributed by atoms with E-state index in [1.807, 2.05) is 24.0 Å². The van der Waals surface area contributed by atoms with Crippen molar-refractivity contribution < 1.29 is 4.79 Å². The van der Waals surface area contributed by atoms with Crippen molar-refractivity contribution in [3.63, 3.8) is 0 Å². The van der Waals surface area contributed by atoms with Crippen LogP contribution in [0.4, 0.5) is 0 Å². The summed E-state index contributed by atoms with van der Waals surface area (Å²) < 4.78 is 1.89. The minimum atomic E-state index is 0.210. The maximum absolute atomic E-state index is 11.5. The average molecular weight is 206 g/mol. The summed E-state index contributed by atoms with van der Waals surface area (Å²) in [5.74, 6) is 0.715. The third-order valence-corrected chi connectivity index (χ3v) is 3.64. The van der Waals surface area contributed by atoms with Gasteiger partial charge in [-0.2, -0.15) is 5.10 Å². The maximum Gasteiger partial charge on any atom is 0.133 e. The lowest BCUT2D eigenvalue weighted by atomic mass is 9.67. The molecule has 0 amide bonds. The Morgan fingerprint density at radius 2 is 2.27 bits per heavy atom. The molecule has 3 heteroatoms. The normalized spacial score (nSPS) is 25.5. The van der Waals surface area contributed by atoms with Crippen LogP contribution in [-0.4, -0.2) is 15.6 Å². The molecule has 0 radical (unpaired) electrons. The molecule has 1 fully saturated rings. The summed E-state index contributed by atoms with van der Waals surface area (Å²) in [6.07, 6.45) is 4.21. The number of nitrogens with zero attached hydrogens (tertiary/aromatic N) is 2. The Hall–Kier alpha value is -1.12. The molecule has 1 unspecified atom stereocenters. The van der Waals surface area contributed by atoms with Gasteiger partial charge in [-0.05, 0) is 17.9 Å². The van der Waals surface area contributed by atoms with Gasteiger partial charge in [0.25, 0.3) is 0 Å². The number of aryl methyl sites for hydroxylation is 1. The van der Waals surface area contributed by atoms with Gasteiger partial charge in [-0.3, -0.25) is 9.48 Å². The van der Waals surface area contributed by atoms with Crippen molar-refractivity contribution in [3.8, 4) is 0 Å². The molecule has 0 aliphatic heterocycles. The quantitative estimate of drug-likeness (QED) is 0.706. The fourth-order valence-corrected chi connectivity index (χ4v) is 2.47. The summed E-state index contributed by atoms with van der Waals surface area (Å²) in [4.78, 5) is 11.5. The standard InChI is InChI=1S/C12H18N2O/c1-12(2)6-4-9(15)8-10(12)11-5-7-13-14(11)3/h5,7,10H,4,6,8H2,1-3H3. The number of hydrogen-bond donors (Lipinski definition) is 0. The number of hydrogen-bond acceptors (Lipinski definition) is 2. The molecular formula is C12H18N2O. The van der Waals surface area contributed by atoms with Crippen LogP contribution in [-0.2, 0) is 11.8 Å². The smallest absolute Gasteiger partial charge is 0.133 e. The van der Waals surface area contributed by atoms with Crippen LogP contribution in [0.5, 0.6) is 0 Å². The van der Waals surface area contributed by atoms with Crippen LogP contribution in [0.1, 0.15) is 44.7 Å². The van der Waals surface area contributed by atoms with Crippen LogP contribution >= 0.6 is 0 Å². The van der Waals surface area contributed by atoms with Crippen LogP contribution in [0.3, 0.4) is 0 Å². The molecule has 1 atom stereocenters. The fourth-order valence-electron chi connectivity index (χ4n) is 2.47. The first-order valence-corrected chi connectivity index (χ1v) is 5.50. The van der Waals surface area contributed by atoms with E-state index in [9.17, 15) is 4.79 Å². The van der Waals surface area contributed by atoms with Gasteiger partial charge in [-0.25, -0.2) is 0 Å². The van der Waals surface area contributed by atoms with Gasteiger partial charge in [0.05, 0.1) is 0 Å².